The van der Waals surface area contributed by atoms with E-state index < -0.39 is 34.9 Å². The first kappa shape index (κ1) is 23.7. The third-order valence-electron chi connectivity index (χ3n) is 7.14. The van der Waals surface area contributed by atoms with Crippen LogP contribution in [0.15, 0.2) is 22.6 Å². The molecule has 0 N–H and O–H groups in total. The third-order valence-corrected chi connectivity index (χ3v) is 8.57. The molecule has 32 heavy (non-hydrogen) atoms. The van der Waals surface area contributed by atoms with Crippen molar-refractivity contribution >= 4 is 16.7 Å². The van der Waals surface area contributed by atoms with Gasteiger partial charge in [0.1, 0.15) is 16.7 Å². The SMILES string of the molecule is COC1CCC2(CC1)Cc1ccc(OCCC(F)(F)F)cc1C1C(=NS(=O)C(C)(C)C)C12. The predicted molar refractivity (Wildman–Crippen MR) is 120 cm³/mol. The van der Waals surface area contributed by atoms with Gasteiger partial charge in [-0.1, -0.05) is 6.07 Å². The lowest BCUT2D eigenvalue weighted by Crippen LogP contribution is -2.37. The zero-order valence-corrected chi connectivity index (χ0v) is 19.9. The smallest absolute Gasteiger partial charge is 0.392 e. The number of methoxy groups -OCH3 is 1. The van der Waals surface area contributed by atoms with Crippen molar-refractivity contribution in [3.8, 4) is 5.75 Å². The van der Waals surface area contributed by atoms with Crippen molar-refractivity contribution in [1.29, 1.82) is 0 Å². The van der Waals surface area contributed by atoms with Crippen molar-refractivity contribution in [3.63, 3.8) is 0 Å². The molecule has 1 aromatic rings. The molecular weight excluding hydrogens is 439 g/mol. The van der Waals surface area contributed by atoms with Crippen LogP contribution in [0.4, 0.5) is 13.2 Å². The molecule has 8 heteroatoms. The van der Waals surface area contributed by atoms with Gasteiger partial charge in [-0.2, -0.15) is 17.6 Å². The summed E-state index contributed by atoms with van der Waals surface area (Å²) in [5, 5.41) is 0. The fourth-order valence-corrected chi connectivity index (χ4v) is 6.07. The number of benzene rings is 1. The molecule has 1 spiro atoms. The zero-order chi connectivity index (χ0) is 23.3. The molecule has 0 amide bonds. The Hall–Kier alpha value is -1.41. The molecular formula is C24H32F3NO3S. The van der Waals surface area contributed by atoms with Gasteiger partial charge in [0.25, 0.3) is 0 Å². The molecule has 2 fully saturated rings. The summed E-state index contributed by atoms with van der Waals surface area (Å²) in [6.45, 7) is 5.35. The van der Waals surface area contributed by atoms with Crippen LogP contribution in [-0.4, -0.2) is 40.7 Å². The van der Waals surface area contributed by atoms with Crippen molar-refractivity contribution in [2.75, 3.05) is 13.7 Å². The molecule has 3 aliphatic carbocycles. The number of fused-ring (bicyclic) bond motifs is 4. The van der Waals surface area contributed by atoms with Gasteiger partial charge in [-0.3, -0.25) is 0 Å². The maximum atomic E-state index is 12.8. The molecule has 0 saturated heterocycles. The van der Waals surface area contributed by atoms with Crippen LogP contribution in [0, 0.1) is 11.3 Å². The lowest BCUT2D eigenvalue weighted by atomic mass is 9.63. The van der Waals surface area contributed by atoms with Gasteiger partial charge in [-0.15, -0.1) is 0 Å². The van der Waals surface area contributed by atoms with Gasteiger partial charge in [-0.05, 0) is 81.5 Å². The van der Waals surface area contributed by atoms with E-state index in [9.17, 15) is 17.4 Å². The highest BCUT2D eigenvalue weighted by Crippen LogP contribution is 2.65. The van der Waals surface area contributed by atoms with Crippen LogP contribution < -0.4 is 4.74 Å². The predicted octanol–water partition coefficient (Wildman–Crippen LogP) is 5.77. The van der Waals surface area contributed by atoms with Crippen LogP contribution in [0.25, 0.3) is 0 Å². The molecule has 0 radical (unpaired) electrons. The lowest BCUT2D eigenvalue weighted by Gasteiger charge is -2.43. The van der Waals surface area contributed by atoms with Crippen molar-refractivity contribution < 1.29 is 26.9 Å². The van der Waals surface area contributed by atoms with Crippen molar-refractivity contribution in [1.82, 2.24) is 0 Å². The normalized spacial score (nSPS) is 31.8. The number of nitrogens with zero attached hydrogens (tertiary/aromatic N) is 1. The Labute approximate surface area is 190 Å². The van der Waals surface area contributed by atoms with Gasteiger partial charge < -0.3 is 9.47 Å². The molecule has 0 heterocycles. The summed E-state index contributed by atoms with van der Waals surface area (Å²) in [6.07, 6.45) is 0.0648. The fraction of sp³-hybridized carbons (Fsp3) is 0.708. The first-order chi connectivity index (χ1) is 14.9. The quantitative estimate of drug-likeness (QED) is 0.548. The lowest BCUT2D eigenvalue weighted by molar-refractivity contribution is -0.139. The summed E-state index contributed by atoms with van der Waals surface area (Å²) in [5.41, 5.74) is 3.35. The largest absolute Gasteiger partial charge is 0.493 e. The number of rotatable bonds is 5. The minimum absolute atomic E-state index is 0.0790. The van der Waals surface area contributed by atoms with E-state index >= 15 is 0 Å². The van der Waals surface area contributed by atoms with E-state index in [1.165, 1.54) is 5.56 Å². The molecule has 0 bridgehead atoms. The average Bonchev–Trinajstić information content (AvgIpc) is 3.43. The molecule has 0 aliphatic heterocycles. The van der Waals surface area contributed by atoms with Gasteiger partial charge in [0.05, 0.1) is 23.9 Å². The summed E-state index contributed by atoms with van der Waals surface area (Å²) in [5.74, 6) is 0.772. The first-order valence-corrected chi connectivity index (χ1v) is 12.4. The maximum Gasteiger partial charge on any atom is 0.392 e. The van der Waals surface area contributed by atoms with Gasteiger partial charge in [-0.25, -0.2) is 4.21 Å². The molecule has 4 nitrogen and oxygen atoms in total. The van der Waals surface area contributed by atoms with Crippen molar-refractivity contribution in [2.45, 2.75) is 82.2 Å². The van der Waals surface area contributed by atoms with E-state index in [2.05, 4.69) is 4.40 Å². The van der Waals surface area contributed by atoms with Crippen LogP contribution in [0.1, 0.15) is 69.9 Å². The summed E-state index contributed by atoms with van der Waals surface area (Å²) in [4.78, 5) is 0. The third kappa shape index (κ3) is 4.76. The average molecular weight is 472 g/mol. The van der Waals surface area contributed by atoms with E-state index in [4.69, 9.17) is 9.47 Å². The Kier molecular flexibility index (Phi) is 6.25. The number of ether oxygens (including phenoxy) is 2. The summed E-state index contributed by atoms with van der Waals surface area (Å²) >= 11 is 0. The highest BCUT2D eigenvalue weighted by atomic mass is 32.2. The minimum Gasteiger partial charge on any atom is -0.493 e. The molecule has 0 aromatic heterocycles. The fourth-order valence-electron chi connectivity index (χ4n) is 5.38. The van der Waals surface area contributed by atoms with Crippen molar-refractivity contribution in [2.24, 2.45) is 15.7 Å². The van der Waals surface area contributed by atoms with E-state index in [0.717, 1.165) is 43.4 Å². The second-order valence-corrected chi connectivity index (χ2v) is 12.3. The van der Waals surface area contributed by atoms with E-state index in [-0.39, 0.29) is 23.4 Å². The Bertz CT molecular complexity index is 914. The molecule has 3 unspecified atom stereocenters. The van der Waals surface area contributed by atoms with Crippen LogP contribution in [0.2, 0.25) is 0 Å². The summed E-state index contributed by atoms with van der Waals surface area (Å²) < 4.78 is 65.5. The number of hydrogen-bond acceptors (Lipinski definition) is 3. The second-order valence-electron chi connectivity index (χ2n) is 10.4. The van der Waals surface area contributed by atoms with Crippen LogP contribution in [-0.2, 0) is 22.1 Å². The van der Waals surface area contributed by atoms with Gasteiger partial charge in [0, 0.05) is 24.7 Å². The minimum atomic E-state index is -4.24. The summed E-state index contributed by atoms with van der Waals surface area (Å²) in [7, 11) is 0.421. The molecule has 1 aromatic carbocycles. The van der Waals surface area contributed by atoms with E-state index in [1.807, 2.05) is 32.9 Å². The maximum absolute atomic E-state index is 12.8. The zero-order valence-electron chi connectivity index (χ0n) is 19.1. The second kappa shape index (κ2) is 8.42. The Balaban J connectivity index is 1.62. The molecule has 3 aliphatic rings. The van der Waals surface area contributed by atoms with Gasteiger partial charge >= 0.3 is 6.18 Å². The number of alkyl halides is 3. The molecule has 3 atom stereocenters. The first-order valence-electron chi connectivity index (χ1n) is 11.3. The van der Waals surface area contributed by atoms with Crippen LogP contribution >= 0.6 is 0 Å². The standard InChI is InChI=1S/C24H32F3NO3S/c1-22(2,3)32(29)28-21-19-18-13-17(31-12-11-24(25,26)27)6-5-15(18)14-23(20(19)21)9-7-16(30-4)8-10-23/h5-6,13,16,19-20H,7-12,14H2,1-4H3. The van der Waals surface area contributed by atoms with E-state index in [0.29, 0.717) is 5.75 Å². The molecule has 4 rings (SSSR count). The van der Waals surface area contributed by atoms with Crippen molar-refractivity contribution in [3.05, 3.63) is 29.3 Å². The monoisotopic (exact) mass is 471 g/mol. The Morgan fingerprint density at radius 2 is 1.88 bits per heavy atom. The van der Waals surface area contributed by atoms with Gasteiger partial charge in [0.15, 0.2) is 0 Å². The van der Waals surface area contributed by atoms with E-state index in [1.54, 1.807) is 13.2 Å². The number of hydrogen-bond donors (Lipinski definition) is 0. The Morgan fingerprint density at radius 3 is 2.47 bits per heavy atom. The highest BCUT2D eigenvalue weighted by Gasteiger charge is 2.63. The molecule has 2 saturated carbocycles. The Morgan fingerprint density at radius 1 is 1.19 bits per heavy atom. The summed E-state index contributed by atoms with van der Waals surface area (Å²) in [6, 6.07) is 5.64. The number of halogens is 3. The molecule has 178 valence electrons. The van der Waals surface area contributed by atoms with Gasteiger partial charge in [0.2, 0.25) is 0 Å². The van der Waals surface area contributed by atoms with Crippen LogP contribution in [0.5, 0.6) is 5.75 Å². The topological polar surface area (TPSA) is 47.9 Å². The highest BCUT2D eigenvalue weighted by molar-refractivity contribution is 7.85. The van der Waals surface area contributed by atoms with Crippen LogP contribution in [0.3, 0.4) is 0 Å².